The van der Waals surface area contributed by atoms with Gasteiger partial charge in [-0.1, -0.05) is 24.3 Å². The van der Waals surface area contributed by atoms with Gasteiger partial charge in [-0.3, -0.25) is 4.79 Å². The summed E-state index contributed by atoms with van der Waals surface area (Å²) in [5.41, 5.74) is 2.63. The van der Waals surface area contributed by atoms with Crippen molar-refractivity contribution in [1.82, 2.24) is 5.32 Å². The number of hydrogen-bond acceptors (Lipinski definition) is 3. The summed E-state index contributed by atoms with van der Waals surface area (Å²) in [6.45, 7) is 1.25. The average Bonchev–Trinajstić information content (AvgIpc) is 2.68. The number of carbonyl (C=O) groups excluding carboxylic acids is 1. The van der Waals surface area contributed by atoms with Crippen molar-refractivity contribution in [2.75, 3.05) is 20.3 Å². The topological polar surface area (TPSA) is 47.6 Å². The molecule has 0 aromatic heterocycles. The minimum absolute atomic E-state index is 0.123. The minimum Gasteiger partial charge on any atom is -0.497 e. The first-order valence-electron chi connectivity index (χ1n) is 9.37. The number of fused-ring (bicyclic) bond motifs is 1. The smallest absolute Gasteiger partial charge is 0.220 e. The third-order valence-electron chi connectivity index (χ3n) is 4.88. The van der Waals surface area contributed by atoms with E-state index in [1.807, 2.05) is 36.4 Å². The molecule has 1 atom stereocenters. The summed E-state index contributed by atoms with van der Waals surface area (Å²) in [5, 5.41) is 3.03. The van der Waals surface area contributed by atoms with Crippen LogP contribution in [-0.4, -0.2) is 26.2 Å². The molecule has 0 heterocycles. The number of rotatable bonds is 8. The van der Waals surface area contributed by atoms with Gasteiger partial charge < -0.3 is 14.8 Å². The number of para-hydroxylation sites is 1. The highest BCUT2D eigenvalue weighted by atomic mass is 16.5. The molecule has 0 saturated heterocycles. The molecule has 2 aromatic carbocycles. The van der Waals surface area contributed by atoms with E-state index >= 15 is 0 Å². The Morgan fingerprint density at radius 2 is 2.00 bits per heavy atom. The second-order valence-corrected chi connectivity index (χ2v) is 6.72. The van der Waals surface area contributed by atoms with E-state index in [0.717, 1.165) is 37.2 Å². The highest BCUT2D eigenvalue weighted by molar-refractivity contribution is 5.77. The molecule has 26 heavy (non-hydrogen) atoms. The molecule has 0 bridgehead atoms. The fourth-order valence-electron chi connectivity index (χ4n) is 3.53. The Bertz CT molecular complexity index is 715. The Morgan fingerprint density at radius 3 is 2.81 bits per heavy atom. The van der Waals surface area contributed by atoms with E-state index in [-0.39, 0.29) is 5.91 Å². The summed E-state index contributed by atoms with van der Waals surface area (Å²) in [5.74, 6) is 2.20. The second kappa shape index (κ2) is 9.27. The Balaban J connectivity index is 1.41. The van der Waals surface area contributed by atoms with Gasteiger partial charge in [-0.2, -0.15) is 0 Å². The van der Waals surface area contributed by atoms with Crippen molar-refractivity contribution in [1.29, 1.82) is 0 Å². The van der Waals surface area contributed by atoms with Gasteiger partial charge in [0.1, 0.15) is 11.5 Å². The lowest BCUT2D eigenvalue weighted by atomic mass is 9.81. The van der Waals surface area contributed by atoms with Gasteiger partial charge in [0.05, 0.1) is 13.7 Å². The summed E-state index contributed by atoms with van der Waals surface area (Å²) < 4.78 is 11.0. The first-order valence-corrected chi connectivity index (χ1v) is 9.37. The van der Waals surface area contributed by atoms with Crippen molar-refractivity contribution in [3.05, 3.63) is 59.7 Å². The molecule has 0 aliphatic heterocycles. The van der Waals surface area contributed by atoms with E-state index in [1.165, 1.54) is 11.1 Å². The molecule has 0 saturated carbocycles. The summed E-state index contributed by atoms with van der Waals surface area (Å²) in [6, 6.07) is 16.0. The third-order valence-corrected chi connectivity index (χ3v) is 4.88. The van der Waals surface area contributed by atoms with Gasteiger partial charge in [0.25, 0.3) is 0 Å². The number of amides is 1. The molecule has 1 N–H and O–H groups in total. The first kappa shape index (κ1) is 18.3. The standard InChI is InChI=1S/C22H27NO3/c1-25-20-11-12-21-17(15-20)7-5-8-18(21)16-22(24)23-13-6-14-26-19-9-3-2-4-10-19/h2-4,9-12,15,18H,5-8,13-14,16H2,1H3,(H,23,24). The average molecular weight is 353 g/mol. The zero-order valence-electron chi connectivity index (χ0n) is 15.4. The van der Waals surface area contributed by atoms with Gasteiger partial charge in [0.15, 0.2) is 0 Å². The van der Waals surface area contributed by atoms with Crippen LogP contribution in [0, 0.1) is 0 Å². The zero-order chi connectivity index (χ0) is 18.2. The van der Waals surface area contributed by atoms with Crippen LogP contribution in [0.5, 0.6) is 11.5 Å². The number of benzene rings is 2. The van der Waals surface area contributed by atoms with Crippen LogP contribution in [0.25, 0.3) is 0 Å². The van der Waals surface area contributed by atoms with E-state index in [9.17, 15) is 4.79 Å². The summed E-state index contributed by atoms with van der Waals surface area (Å²) in [4.78, 5) is 12.3. The van der Waals surface area contributed by atoms with Crippen LogP contribution in [0.15, 0.2) is 48.5 Å². The van der Waals surface area contributed by atoms with Crippen LogP contribution in [0.1, 0.15) is 42.7 Å². The van der Waals surface area contributed by atoms with E-state index in [0.29, 0.717) is 25.5 Å². The Hall–Kier alpha value is -2.49. The maximum atomic E-state index is 12.3. The van der Waals surface area contributed by atoms with Crippen LogP contribution < -0.4 is 14.8 Å². The van der Waals surface area contributed by atoms with Gasteiger partial charge in [0.2, 0.25) is 5.91 Å². The number of ether oxygens (including phenoxy) is 2. The van der Waals surface area contributed by atoms with Crippen molar-refractivity contribution < 1.29 is 14.3 Å². The van der Waals surface area contributed by atoms with Crippen LogP contribution in [-0.2, 0) is 11.2 Å². The number of nitrogens with one attached hydrogen (secondary N) is 1. The van der Waals surface area contributed by atoms with Crippen LogP contribution in [0.3, 0.4) is 0 Å². The maximum absolute atomic E-state index is 12.3. The number of aryl methyl sites for hydroxylation is 1. The lowest BCUT2D eigenvalue weighted by Crippen LogP contribution is -2.28. The van der Waals surface area contributed by atoms with Crippen LogP contribution in [0.4, 0.5) is 0 Å². The van der Waals surface area contributed by atoms with Gasteiger partial charge in [0, 0.05) is 13.0 Å². The highest BCUT2D eigenvalue weighted by Crippen LogP contribution is 2.35. The number of methoxy groups -OCH3 is 1. The van der Waals surface area contributed by atoms with E-state index in [4.69, 9.17) is 9.47 Å². The molecule has 3 rings (SSSR count). The molecule has 1 aliphatic rings. The fraction of sp³-hybridized carbons (Fsp3) is 0.409. The summed E-state index contributed by atoms with van der Waals surface area (Å²) in [7, 11) is 1.69. The Labute approximate surface area is 155 Å². The number of hydrogen-bond donors (Lipinski definition) is 1. The molecular weight excluding hydrogens is 326 g/mol. The molecule has 0 radical (unpaired) electrons. The summed E-state index contributed by atoms with van der Waals surface area (Å²) >= 11 is 0. The quantitative estimate of drug-likeness (QED) is 0.727. The van der Waals surface area contributed by atoms with Gasteiger partial charge in [-0.25, -0.2) is 0 Å². The van der Waals surface area contributed by atoms with Crippen molar-refractivity contribution >= 4 is 5.91 Å². The van der Waals surface area contributed by atoms with E-state index < -0.39 is 0 Å². The highest BCUT2D eigenvalue weighted by Gasteiger charge is 2.22. The van der Waals surface area contributed by atoms with Crippen molar-refractivity contribution in [3.8, 4) is 11.5 Å². The SMILES string of the molecule is COc1ccc2c(c1)CCCC2CC(=O)NCCCOc1ccccc1. The third kappa shape index (κ3) is 5.01. The van der Waals surface area contributed by atoms with Crippen molar-refractivity contribution in [2.24, 2.45) is 0 Å². The number of carbonyl (C=O) groups is 1. The molecule has 0 spiro atoms. The molecule has 4 nitrogen and oxygen atoms in total. The normalized spacial score (nSPS) is 15.8. The fourth-order valence-corrected chi connectivity index (χ4v) is 3.53. The molecule has 2 aromatic rings. The second-order valence-electron chi connectivity index (χ2n) is 6.72. The van der Waals surface area contributed by atoms with Gasteiger partial charge in [-0.05, 0) is 67.0 Å². The monoisotopic (exact) mass is 353 g/mol. The lowest BCUT2D eigenvalue weighted by Gasteiger charge is -2.25. The largest absolute Gasteiger partial charge is 0.497 e. The van der Waals surface area contributed by atoms with Crippen molar-refractivity contribution in [3.63, 3.8) is 0 Å². The Kier molecular flexibility index (Phi) is 6.53. The molecule has 138 valence electrons. The first-order chi connectivity index (χ1) is 12.8. The minimum atomic E-state index is 0.123. The maximum Gasteiger partial charge on any atom is 0.220 e. The van der Waals surface area contributed by atoms with Crippen LogP contribution in [0.2, 0.25) is 0 Å². The Morgan fingerprint density at radius 1 is 1.15 bits per heavy atom. The van der Waals surface area contributed by atoms with Crippen LogP contribution >= 0.6 is 0 Å². The van der Waals surface area contributed by atoms with Gasteiger partial charge >= 0.3 is 0 Å². The van der Waals surface area contributed by atoms with E-state index in [2.05, 4.69) is 17.4 Å². The predicted molar refractivity (Wildman–Crippen MR) is 103 cm³/mol. The zero-order valence-corrected chi connectivity index (χ0v) is 15.4. The molecule has 4 heteroatoms. The molecule has 1 aliphatic carbocycles. The predicted octanol–water partition coefficient (Wildman–Crippen LogP) is 4.09. The van der Waals surface area contributed by atoms with Crippen molar-refractivity contribution in [2.45, 2.75) is 38.0 Å². The molecule has 1 amide bonds. The molecular formula is C22H27NO3. The molecule has 0 fully saturated rings. The van der Waals surface area contributed by atoms with E-state index in [1.54, 1.807) is 7.11 Å². The molecule has 1 unspecified atom stereocenters. The lowest BCUT2D eigenvalue weighted by molar-refractivity contribution is -0.121. The van der Waals surface area contributed by atoms with Gasteiger partial charge in [-0.15, -0.1) is 0 Å². The summed E-state index contributed by atoms with van der Waals surface area (Å²) in [6.07, 6.45) is 4.63.